The molecule has 0 aliphatic carbocycles. The number of rotatable bonds is 5. The quantitative estimate of drug-likeness (QED) is 0.749. The number of halogens is 2. The van der Waals surface area contributed by atoms with Crippen LogP contribution < -0.4 is 4.74 Å². The highest BCUT2D eigenvalue weighted by molar-refractivity contribution is 6.31. The van der Waals surface area contributed by atoms with E-state index in [-0.39, 0.29) is 24.4 Å². The standard InChI is InChI=1S/C22H24ClFN2O2/c1-15-22(27)26-11-5-7-17(26)13-25(15)12-16-6-2-3-10-21(16)28-14-18-19(23)8-4-9-20(18)24/h2-4,6,8-10,15,17H,5,7,11-14H2,1H3/t15-,17-/m0/s1. The van der Waals surface area contributed by atoms with Crippen LogP contribution >= 0.6 is 11.6 Å². The predicted octanol–water partition coefficient (Wildman–Crippen LogP) is 4.25. The Morgan fingerprint density at radius 1 is 1.21 bits per heavy atom. The van der Waals surface area contributed by atoms with Gasteiger partial charge in [-0.15, -0.1) is 0 Å². The van der Waals surface area contributed by atoms with Gasteiger partial charge in [-0.3, -0.25) is 9.69 Å². The smallest absolute Gasteiger partial charge is 0.239 e. The first-order chi connectivity index (χ1) is 13.5. The van der Waals surface area contributed by atoms with Gasteiger partial charge in [-0.1, -0.05) is 35.9 Å². The van der Waals surface area contributed by atoms with Gasteiger partial charge in [-0.05, 0) is 38.0 Å². The summed E-state index contributed by atoms with van der Waals surface area (Å²) in [6.07, 6.45) is 2.15. The van der Waals surface area contributed by atoms with E-state index >= 15 is 0 Å². The van der Waals surface area contributed by atoms with E-state index in [0.29, 0.717) is 28.9 Å². The largest absolute Gasteiger partial charge is 0.488 e. The molecule has 1 amide bonds. The van der Waals surface area contributed by atoms with Crippen LogP contribution in [0.3, 0.4) is 0 Å². The van der Waals surface area contributed by atoms with Gasteiger partial charge in [0.1, 0.15) is 18.2 Å². The Bertz CT molecular complexity index is 855. The van der Waals surface area contributed by atoms with Gasteiger partial charge < -0.3 is 9.64 Å². The molecule has 2 atom stereocenters. The molecule has 2 aromatic rings. The minimum Gasteiger partial charge on any atom is -0.488 e. The van der Waals surface area contributed by atoms with Crippen LogP contribution in [0.15, 0.2) is 42.5 Å². The van der Waals surface area contributed by atoms with Crippen LogP contribution in [0.2, 0.25) is 5.02 Å². The number of fused-ring (bicyclic) bond motifs is 1. The fraction of sp³-hybridized carbons (Fsp3) is 0.409. The fourth-order valence-electron chi connectivity index (χ4n) is 4.16. The molecule has 2 aromatic carbocycles. The lowest BCUT2D eigenvalue weighted by Crippen LogP contribution is -2.58. The van der Waals surface area contributed by atoms with Gasteiger partial charge >= 0.3 is 0 Å². The molecule has 28 heavy (non-hydrogen) atoms. The highest BCUT2D eigenvalue weighted by Crippen LogP contribution is 2.29. The number of amides is 1. The number of benzene rings is 2. The molecule has 2 fully saturated rings. The minimum absolute atomic E-state index is 0.0629. The maximum atomic E-state index is 14.0. The molecule has 0 radical (unpaired) electrons. The summed E-state index contributed by atoms with van der Waals surface area (Å²) in [7, 11) is 0. The first-order valence-electron chi connectivity index (χ1n) is 9.72. The van der Waals surface area contributed by atoms with Crippen molar-refractivity contribution in [1.82, 2.24) is 9.80 Å². The Balaban J connectivity index is 1.49. The van der Waals surface area contributed by atoms with Crippen LogP contribution in [-0.4, -0.2) is 40.9 Å². The minimum atomic E-state index is -0.374. The van der Waals surface area contributed by atoms with Crippen LogP contribution in [0.5, 0.6) is 5.75 Å². The van der Waals surface area contributed by atoms with E-state index in [0.717, 1.165) is 31.5 Å². The summed E-state index contributed by atoms with van der Waals surface area (Å²) >= 11 is 6.11. The third-order valence-corrected chi connectivity index (χ3v) is 6.14. The van der Waals surface area contributed by atoms with Crippen molar-refractivity contribution in [2.45, 2.75) is 45.0 Å². The second-order valence-electron chi connectivity index (χ2n) is 7.53. The lowest BCUT2D eigenvalue weighted by Gasteiger charge is -2.41. The van der Waals surface area contributed by atoms with Crippen molar-refractivity contribution in [1.29, 1.82) is 0 Å². The summed E-state index contributed by atoms with van der Waals surface area (Å²) in [4.78, 5) is 16.9. The lowest BCUT2D eigenvalue weighted by atomic mass is 10.1. The van der Waals surface area contributed by atoms with E-state index in [9.17, 15) is 9.18 Å². The zero-order chi connectivity index (χ0) is 19.7. The van der Waals surface area contributed by atoms with Gasteiger partial charge in [0.2, 0.25) is 5.91 Å². The molecule has 0 bridgehead atoms. The Labute approximate surface area is 169 Å². The molecular weight excluding hydrogens is 379 g/mol. The van der Waals surface area contributed by atoms with E-state index in [1.807, 2.05) is 36.1 Å². The maximum absolute atomic E-state index is 14.0. The van der Waals surface area contributed by atoms with Crippen LogP contribution in [0.25, 0.3) is 0 Å². The van der Waals surface area contributed by atoms with Gasteiger partial charge in [0.25, 0.3) is 0 Å². The van der Waals surface area contributed by atoms with Crippen molar-refractivity contribution in [3.63, 3.8) is 0 Å². The Hall–Kier alpha value is -2.11. The van der Waals surface area contributed by atoms with Crippen molar-refractivity contribution in [3.8, 4) is 5.75 Å². The number of ether oxygens (including phenoxy) is 1. The highest BCUT2D eigenvalue weighted by atomic mass is 35.5. The molecule has 4 nitrogen and oxygen atoms in total. The predicted molar refractivity (Wildman–Crippen MR) is 107 cm³/mol. The van der Waals surface area contributed by atoms with Gasteiger partial charge in [0, 0.05) is 36.8 Å². The van der Waals surface area contributed by atoms with E-state index in [2.05, 4.69) is 4.90 Å². The second kappa shape index (κ2) is 8.10. The zero-order valence-corrected chi connectivity index (χ0v) is 16.7. The highest BCUT2D eigenvalue weighted by Gasteiger charge is 2.40. The molecule has 2 saturated heterocycles. The van der Waals surface area contributed by atoms with Gasteiger partial charge in [-0.2, -0.15) is 0 Å². The molecule has 0 aromatic heterocycles. The molecule has 148 valence electrons. The normalized spacial score (nSPS) is 22.4. The molecule has 4 rings (SSSR count). The van der Waals surface area contributed by atoms with E-state index in [1.165, 1.54) is 6.07 Å². The molecule has 6 heteroatoms. The second-order valence-corrected chi connectivity index (χ2v) is 7.94. The van der Waals surface area contributed by atoms with Crippen molar-refractivity contribution < 1.29 is 13.9 Å². The van der Waals surface area contributed by atoms with E-state index in [1.54, 1.807) is 12.1 Å². The summed E-state index contributed by atoms with van der Waals surface area (Å²) in [5.41, 5.74) is 1.34. The molecule has 0 N–H and O–H groups in total. The molecule has 2 heterocycles. The lowest BCUT2D eigenvalue weighted by molar-refractivity contribution is -0.143. The number of para-hydroxylation sites is 1. The monoisotopic (exact) mass is 402 g/mol. The fourth-order valence-corrected chi connectivity index (χ4v) is 4.37. The third kappa shape index (κ3) is 3.74. The van der Waals surface area contributed by atoms with E-state index < -0.39 is 0 Å². The van der Waals surface area contributed by atoms with Crippen molar-refractivity contribution in [3.05, 3.63) is 64.4 Å². The topological polar surface area (TPSA) is 32.8 Å². The summed E-state index contributed by atoms with van der Waals surface area (Å²) in [6.45, 7) is 4.41. The number of hydrogen-bond donors (Lipinski definition) is 0. The molecular formula is C22H24ClFN2O2. The Kier molecular flexibility index (Phi) is 5.56. The molecule has 0 unspecified atom stereocenters. The maximum Gasteiger partial charge on any atom is 0.239 e. The van der Waals surface area contributed by atoms with E-state index in [4.69, 9.17) is 16.3 Å². The Morgan fingerprint density at radius 2 is 2.04 bits per heavy atom. The number of hydrogen-bond acceptors (Lipinski definition) is 3. The van der Waals surface area contributed by atoms with Gasteiger partial charge in [-0.25, -0.2) is 4.39 Å². The number of nitrogens with zero attached hydrogens (tertiary/aromatic N) is 2. The average Bonchev–Trinajstić information content (AvgIpc) is 3.15. The van der Waals surface area contributed by atoms with Crippen LogP contribution in [0.1, 0.15) is 30.9 Å². The van der Waals surface area contributed by atoms with Crippen molar-refractivity contribution >= 4 is 17.5 Å². The Morgan fingerprint density at radius 3 is 2.86 bits per heavy atom. The average molecular weight is 403 g/mol. The van der Waals surface area contributed by atoms with Crippen LogP contribution in [0.4, 0.5) is 4.39 Å². The molecule has 0 spiro atoms. The SMILES string of the molecule is C[C@H]1C(=O)N2CCC[C@H]2CN1Cc1ccccc1OCc1c(F)cccc1Cl. The number of carbonyl (C=O) groups is 1. The summed E-state index contributed by atoms with van der Waals surface area (Å²) in [5.74, 6) is 0.530. The third-order valence-electron chi connectivity index (χ3n) is 5.79. The summed E-state index contributed by atoms with van der Waals surface area (Å²) in [5, 5.41) is 0.356. The number of carbonyl (C=O) groups excluding carboxylic acids is 1. The molecule has 2 aliphatic heterocycles. The summed E-state index contributed by atoms with van der Waals surface area (Å²) < 4.78 is 20.0. The first-order valence-corrected chi connectivity index (χ1v) is 10.1. The molecule has 2 aliphatic rings. The van der Waals surface area contributed by atoms with Crippen molar-refractivity contribution in [2.75, 3.05) is 13.1 Å². The molecule has 0 saturated carbocycles. The van der Waals surface area contributed by atoms with Gasteiger partial charge in [0.05, 0.1) is 11.1 Å². The summed E-state index contributed by atoms with van der Waals surface area (Å²) in [6, 6.07) is 12.5. The first kappa shape index (κ1) is 19.2. The van der Waals surface area contributed by atoms with Crippen LogP contribution in [0, 0.1) is 5.82 Å². The van der Waals surface area contributed by atoms with Crippen molar-refractivity contribution in [2.24, 2.45) is 0 Å². The van der Waals surface area contributed by atoms with Crippen LogP contribution in [-0.2, 0) is 17.9 Å². The zero-order valence-electron chi connectivity index (χ0n) is 15.9. The van der Waals surface area contributed by atoms with Gasteiger partial charge in [0.15, 0.2) is 0 Å². The number of piperazine rings is 1.